The van der Waals surface area contributed by atoms with Gasteiger partial charge in [0.15, 0.2) is 0 Å². The summed E-state index contributed by atoms with van der Waals surface area (Å²) in [6, 6.07) is 3.92. The third-order valence-corrected chi connectivity index (χ3v) is 4.42. The molecule has 2 rings (SSSR count). The molecule has 4 nitrogen and oxygen atoms in total. The monoisotopic (exact) mass is 319 g/mol. The number of hydrogen-bond donors (Lipinski definition) is 1. The van der Waals surface area contributed by atoms with E-state index >= 15 is 0 Å². The molecule has 0 unspecified atom stereocenters. The summed E-state index contributed by atoms with van der Waals surface area (Å²) in [6.07, 6.45) is 3.04. The second kappa shape index (κ2) is 7.35. The Kier molecular flexibility index (Phi) is 5.69. The molecular formula is C19H29NO3. The smallest absolute Gasteiger partial charge is 0.256 e. The van der Waals surface area contributed by atoms with Crippen molar-refractivity contribution in [2.75, 3.05) is 18.5 Å². The number of ether oxygens (including phenoxy) is 2. The zero-order chi connectivity index (χ0) is 17.0. The summed E-state index contributed by atoms with van der Waals surface area (Å²) in [6.45, 7) is 11.2. The Bertz CT molecular complexity index is 543. The molecule has 1 saturated carbocycles. The fourth-order valence-electron chi connectivity index (χ4n) is 2.97. The summed E-state index contributed by atoms with van der Waals surface area (Å²) < 4.78 is 11.6. The molecule has 0 heterocycles. The summed E-state index contributed by atoms with van der Waals surface area (Å²) in [5, 5.41) is 3.04. The minimum Gasteiger partial charge on any atom is -0.493 e. The van der Waals surface area contributed by atoms with Crippen molar-refractivity contribution in [1.82, 2.24) is 0 Å². The highest BCUT2D eigenvalue weighted by molar-refractivity contribution is 5.97. The van der Waals surface area contributed by atoms with Gasteiger partial charge in [0.2, 0.25) is 0 Å². The number of anilines is 1. The Morgan fingerprint density at radius 3 is 2.35 bits per heavy atom. The molecule has 128 valence electrons. The third kappa shape index (κ3) is 4.05. The third-order valence-electron chi connectivity index (χ3n) is 4.42. The lowest BCUT2D eigenvalue weighted by atomic mass is 9.98. The molecule has 23 heavy (non-hydrogen) atoms. The lowest BCUT2D eigenvalue weighted by Gasteiger charge is -2.29. The van der Waals surface area contributed by atoms with Gasteiger partial charge in [-0.1, -0.05) is 6.92 Å². The lowest BCUT2D eigenvalue weighted by Crippen LogP contribution is -2.45. The molecule has 1 aliphatic carbocycles. The quantitative estimate of drug-likeness (QED) is 0.780. The first-order valence-corrected chi connectivity index (χ1v) is 8.61. The predicted molar refractivity (Wildman–Crippen MR) is 93.1 cm³/mol. The highest BCUT2D eigenvalue weighted by Gasteiger charge is 2.48. The molecular weight excluding hydrogens is 290 g/mol. The first-order valence-electron chi connectivity index (χ1n) is 8.61. The first-order chi connectivity index (χ1) is 10.9. The van der Waals surface area contributed by atoms with E-state index in [-0.39, 0.29) is 5.91 Å². The summed E-state index contributed by atoms with van der Waals surface area (Å²) in [5.41, 5.74) is 2.14. The van der Waals surface area contributed by atoms with Crippen LogP contribution in [0.3, 0.4) is 0 Å². The summed E-state index contributed by atoms with van der Waals surface area (Å²) in [5.74, 6) is 1.19. The first kappa shape index (κ1) is 17.8. The van der Waals surface area contributed by atoms with E-state index in [0.29, 0.717) is 19.1 Å². The Hall–Kier alpha value is -1.55. The van der Waals surface area contributed by atoms with E-state index in [4.69, 9.17) is 9.47 Å². The van der Waals surface area contributed by atoms with Crippen LogP contribution >= 0.6 is 0 Å². The second-order valence-electron chi connectivity index (χ2n) is 6.56. The average molecular weight is 319 g/mol. The normalized spacial score (nSPS) is 16.7. The predicted octanol–water partition coefficient (Wildman–Crippen LogP) is 4.24. The van der Waals surface area contributed by atoms with Crippen molar-refractivity contribution < 1.29 is 14.3 Å². The number of aryl methyl sites for hydroxylation is 2. The molecule has 0 aliphatic heterocycles. The van der Waals surface area contributed by atoms with Crippen LogP contribution in [0.25, 0.3) is 0 Å². The van der Waals surface area contributed by atoms with E-state index in [1.807, 2.05) is 39.8 Å². The Labute approximate surface area is 139 Å². The van der Waals surface area contributed by atoms with Crippen molar-refractivity contribution in [2.45, 2.75) is 59.5 Å². The second-order valence-corrected chi connectivity index (χ2v) is 6.56. The van der Waals surface area contributed by atoms with Crippen LogP contribution in [0.15, 0.2) is 12.1 Å². The van der Waals surface area contributed by atoms with Gasteiger partial charge in [-0.05, 0) is 76.1 Å². The molecule has 1 aromatic rings. The van der Waals surface area contributed by atoms with Crippen LogP contribution in [0.1, 0.15) is 51.2 Å². The number of rotatable bonds is 8. The topological polar surface area (TPSA) is 47.6 Å². The van der Waals surface area contributed by atoms with Crippen LogP contribution in [0.2, 0.25) is 0 Å². The minimum atomic E-state index is -0.726. The molecule has 1 N–H and O–H groups in total. The van der Waals surface area contributed by atoms with Crippen LogP contribution in [0.5, 0.6) is 5.75 Å². The lowest BCUT2D eigenvalue weighted by molar-refractivity contribution is -0.142. The molecule has 4 heteroatoms. The molecule has 1 amide bonds. The standard InChI is InChI=1S/C19H29NO3/c1-6-10-23-19(5,15-8-9-15)18(21)20-16-11-13(3)17(22-7-2)14(4)12-16/h11-12,15H,6-10H2,1-5H3,(H,20,21)/t19-/m1/s1. The maximum atomic E-state index is 12.8. The van der Waals surface area contributed by atoms with Crippen molar-refractivity contribution >= 4 is 11.6 Å². The largest absolute Gasteiger partial charge is 0.493 e. The van der Waals surface area contributed by atoms with Gasteiger partial charge in [0, 0.05) is 12.3 Å². The fourth-order valence-corrected chi connectivity index (χ4v) is 2.97. The Balaban J connectivity index is 2.15. The van der Waals surface area contributed by atoms with Crippen LogP contribution in [0.4, 0.5) is 5.69 Å². The number of benzene rings is 1. The highest BCUT2D eigenvalue weighted by atomic mass is 16.5. The van der Waals surface area contributed by atoms with Gasteiger partial charge < -0.3 is 14.8 Å². The zero-order valence-corrected chi connectivity index (χ0v) is 15.0. The van der Waals surface area contributed by atoms with Crippen molar-refractivity contribution in [1.29, 1.82) is 0 Å². The van der Waals surface area contributed by atoms with E-state index in [2.05, 4.69) is 12.2 Å². The number of amides is 1. The van der Waals surface area contributed by atoms with Gasteiger partial charge in [-0.15, -0.1) is 0 Å². The minimum absolute atomic E-state index is 0.0450. The summed E-state index contributed by atoms with van der Waals surface area (Å²) in [7, 11) is 0. The van der Waals surface area contributed by atoms with Gasteiger partial charge in [0.05, 0.1) is 6.61 Å². The Morgan fingerprint density at radius 1 is 1.26 bits per heavy atom. The van der Waals surface area contributed by atoms with Gasteiger partial charge >= 0.3 is 0 Å². The fraction of sp³-hybridized carbons (Fsp3) is 0.632. The molecule has 0 radical (unpaired) electrons. The molecule has 1 atom stereocenters. The van der Waals surface area contributed by atoms with Crippen LogP contribution in [0, 0.1) is 19.8 Å². The molecule has 0 spiro atoms. The van der Waals surface area contributed by atoms with Crippen LogP contribution in [-0.2, 0) is 9.53 Å². The van der Waals surface area contributed by atoms with Crippen molar-refractivity contribution in [3.05, 3.63) is 23.3 Å². The van der Waals surface area contributed by atoms with Crippen molar-refractivity contribution in [3.63, 3.8) is 0 Å². The molecule has 0 bridgehead atoms. The summed E-state index contributed by atoms with van der Waals surface area (Å²) >= 11 is 0. The van der Waals surface area contributed by atoms with Gasteiger partial charge in [-0.2, -0.15) is 0 Å². The zero-order valence-electron chi connectivity index (χ0n) is 15.0. The number of carbonyl (C=O) groups excluding carboxylic acids is 1. The average Bonchev–Trinajstić information content (AvgIpc) is 3.33. The number of carbonyl (C=O) groups is 1. The van der Waals surface area contributed by atoms with E-state index in [1.54, 1.807) is 0 Å². The Morgan fingerprint density at radius 2 is 1.87 bits per heavy atom. The maximum Gasteiger partial charge on any atom is 0.256 e. The van der Waals surface area contributed by atoms with E-state index in [9.17, 15) is 4.79 Å². The number of nitrogens with one attached hydrogen (secondary N) is 1. The van der Waals surface area contributed by atoms with Gasteiger partial charge in [-0.25, -0.2) is 0 Å². The molecule has 1 aromatic carbocycles. The highest BCUT2D eigenvalue weighted by Crippen LogP contribution is 2.42. The van der Waals surface area contributed by atoms with Crippen molar-refractivity contribution in [2.24, 2.45) is 5.92 Å². The SMILES string of the molecule is CCCO[C@@](C)(C(=O)Nc1cc(C)c(OCC)c(C)c1)C1CC1. The van der Waals surface area contributed by atoms with E-state index < -0.39 is 5.60 Å². The van der Waals surface area contributed by atoms with Crippen molar-refractivity contribution in [3.8, 4) is 5.75 Å². The van der Waals surface area contributed by atoms with Gasteiger partial charge in [0.25, 0.3) is 5.91 Å². The molecule has 1 aliphatic rings. The van der Waals surface area contributed by atoms with Gasteiger partial charge in [0.1, 0.15) is 11.4 Å². The van der Waals surface area contributed by atoms with Crippen LogP contribution < -0.4 is 10.1 Å². The molecule has 0 aromatic heterocycles. The number of hydrogen-bond acceptors (Lipinski definition) is 3. The van der Waals surface area contributed by atoms with Gasteiger partial charge in [-0.3, -0.25) is 4.79 Å². The van der Waals surface area contributed by atoms with E-state index in [1.165, 1.54) is 0 Å². The molecule has 1 fully saturated rings. The molecule has 0 saturated heterocycles. The summed E-state index contributed by atoms with van der Waals surface area (Å²) in [4.78, 5) is 12.8. The maximum absolute atomic E-state index is 12.8. The van der Waals surface area contributed by atoms with Crippen LogP contribution in [-0.4, -0.2) is 24.7 Å². The van der Waals surface area contributed by atoms with E-state index in [0.717, 1.165) is 41.8 Å².